The Morgan fingerprint density at radius 3 is 1.73 bits per heavy atom. The van der Waals surface area contributed by atoms with Crippen LogP contribution in [0.25, 0.3) is 11.1 Å². The molecule has 0 atom stereocenters. The summed E-state index contributed by atoms with van der Waals surface area (Å²) in [6.45, 7) is 0.244. The molecule has 0 aliphatic heterocycles. The summed E-state index contributed by atoms with van der Waals surface area (Å²) in [5.41, 5.74) is 6.69. The SMILES string of the molecule is C#CCOc1ccc(C2(c3ccc(O)cc3)c3ccccc3-c3ccccc32)cc1. The van der Waals surface area contributed by atoms with Gasteiger partial charge in [-0.1, -0.05) is 78.7 Å². The van der Waals surface area contributed by atoms with Gasteiger partial charge in [-0.3, -0.25) is 0 Å². The zero-order valence-corrected chi connectivity index (χ0v) is 16.4. The predicted molar refractivity (Wildman–Crippen MR) is 120 cm³/mol. The molecular weight excluding hydrogens is 368 g/mol. The Hall–Kier alpha value is -3.96. The number of aromatic hydroxyl groups is 1. The van der Waals surface area contributed by atoms with Gasteiger partial charge in [-0.05, 0) is 57.6 Å². The van der Waals surface area contributed by atoms with E-state index in [1.54, 1.807) is 12.1 Å². The maximum Gasteiger partial charge on any atom is 0.148 e. The molecule has 144 valence electrons. The molecule has 30 heavy (non-hydrogen) atoms. The van der Waals surface area contributed by atoms with Gasteiger partial charge in [-0.15, -0.1) is 6.42 Å². The van der Waals surface area contributed by atoms with E-state index in [9.17, 15) is 5.11 Å². The van der Waals surface area contributed by atoms with Crippen LogP contribution in [0.5, 0.6) is 11.5 Å². The molecule has 0 fully saturated rings. The smallest absolute Gasteiger partial charge is 0.148 e. The van der Waals surface area contributed by atoms with Crippen LogP contribution in [0.15, 0.2) is 97.1 Å². The van der Waals surface area contributed by atoms with Crippen LogP contribution >= 0.6 is 0 Å². The van der Waals surface area contributed by atoms with E-state index in [1.807, 2.05) is 24.3 Å². The topological polar surface area (TPSA) is 29.5 Å². The molecule has 1 aliphatic carbocycles. The van der Waals surface area contributed by atoms with Crippen molar-refractivity contribution in [3.63, 3.8) is 0 Å². The third kappa shape index (κ3) is 2.60. The summed E-state index contributed by atoms with van der Waals surface area (Å²) in [5.74, 6) is 3.51. The largest absolute Gasteiger partial charge is 0.508 e. The van der Waals surface area contributed by atoms with Crippen molar-refractivity contribution in [1.82, 2.24) is 0 Å². The van der Waals surface area contributed by atoms with Gasteiger partial charge in [-0.25, -0.2) is 0 Å². The highest BCUT2D eigenvalue weighted by Crippen LogP contribution is 2.56. The molecule has 4 aromatic carbocycles. The molecule has 0 aromatic heterocycles. The van der Waals surface area contributed by atoms with Gasteiger partial charge in [0.1, 0.15) is 18.1 Å². The number of rotatable bonds is 4. The molecule has 0 saturated heterocycles. The van der Waals surface area contributed by atoms with Crippen molar-refractivity contribution >= 4 is 0 Å². The molecule has 0 saturated carbocycles. The predicted octanol–water partition coefficient (Wildman–Crippen LogP) is 5.77. The van der Waals surface area contributed by atoms with E-state index >= 15 is 0 Å². The van der Waals surface area contributed by atoms with E-state index in [4.69, 9.17) is 11.2 Å². The Morgan fingerprint density at radius 1 is 0.700 bits per heavy atom. The Bertz CT molecular complexity index is 1200. The van der Waals surface area contributed by atoms with E-state index < -0.39 is 5.41 Å². The second kappa shape index (κ2) is 7.13. The second-order valence-corrected chi connectivity index (χ2v) is 7.41. The minimum Gasteiger partial charge on any atom is -0.508 e. The summed E-state index contributed by atoms with van der Waals surface area (Å²) >= 11 is 0. The lowest BCUT2D eigenvalue weighted by molar-refractivity contribution is 0.370. The molecule has 0 bridgehead atoms. The van der Waals surface area contributed by atoms with Crippen molar-refractivity contribution in [2.75, 3.05) is 6.61 Å². The number of hydrogen-bond acceptors (Lipinski definition) is 2. The van der Waals surface area contributed by atoms with Gasteiger partial charge in [0.25, 0.3) is 0 Å². The Kier molecular flexibility index (Phi) is 4.30. The highest BCUT2D eigenvalue weighted by Gasteiger charge is 2.45. The van der Waals surface area contributed by atoms with Gasteiger partial charge in [0.15, 0.2) is 0 Å². The van der Waals surface area contributed by atoms with Crippen LogP contribution in [0.2, 0.25) is 0 Å². The van der Waals surface area contributed by atoms with Gasteiger partial charge in [0, 0.05) is 0 Å². The van der Waals surface area contributed by atoms with Crippen LogP contribution in [-0.2, 0) is 5.41 Å². The van der Waals surface area contributed by atoms with Gasteiger partial charge >= 0.3 is 0 Å². The van der Waals surface area contributed by atoms with E-state index in [1.165, 1.54) is 22.3 Å². The van der Waals surface area contributed by atoms with E-state index in [0.717, 1.165) is 16.9 Å². The molecular formula is C28H20O2. The third-order valence-electron chi connectivity index (χ3n) is 5.86. The minimum atomic E-state index is -0.481. The van der Waals surface area contributed by atoms with Crippen LogP contribution in [0.4, 0.5) is 0 Å². The lowest BCUT2D eigenvalue weighted by Crippen LogP contribution is -2.28. The zero-order valence-electron chi connectivity index (χ0n) is 16.4. The van der Waals surface area contributed by atoms with E-state index in [0.29, 0.717) is 0 Å². The molecule has 0 spiro atoms. The van der Waals surface area contributed by atoms with E-state index in [-0.39, 0.29) is 12.4 Å². The number of benzene rings is 4. The fourth-order valence-corrected chi connectivity index (χ4v) is 4.66. The first-order valence-corrected chi connectivity index (χ1v) is 9.91. The summed E-state index contributed by atoms with van der Waals surface area (Å²) in [5, 5.41) is 9.93. The van der Waals surface area contributed by atoms with Crippen LogP contribution in [0, 0.1) is 12.3 Å². The summed E-state index contributed by atoms with van der Waals surface area (Å²) < 4.78 is 5.60. The summed E-state index contributed by atoms with van der Waals surface area (Å²) in [7, 11) is 0. The lowest BCUT2D eigenvalue weighted by atomic mass is 9.68. The quantitative estimate of drug-likeness (QED) is 0.396. The van der Waals surface area contributed by atoms with Gasteiger partial charge in [-0.2, -0.15) is 0 Å². The summed E-state index contributed by atoms with van der Waals surface area (Å²) in [4.78, 5) is 0. The van der Waals surface area contributed by atoms with Crippen molar-refractivity contribution in [2.24, 2.45) is 0 Å². The van der Waals surface area contributed by atoms with Crippen LogP contribution < -0.4 is 4.74 Å². The molecule has 0 unspecified atom stereocenters. The second-order valence-electron chi connectivity index (χ2n) is 7.41. The summed E-state index contributed by atoms with van der Waals surface area (Å²) in [6, 6.07) is 32.8. The molecule has 2 heteroatoms. The average molecular weight is 388 g/mol. The highest BCUT2D eigenvalue weighted by molar-refractivity contribution is 5.86. The standard InChI is InChI=1S/C28H20O2/c1-2-19-30-23-17-13-21(14-18-23)28(20-11-15-22(29)16-12-20)26-9-5-3-7-24(26)25-8-4-6-10-27(25)28/h1,3-18,29H,19H2. The normalized spacial score (nSPS) is 13.2. The summed E-state index contributed by atoms with van der Waals surface area (Å²) in [6.07, 6.45) is 5.33. The number of ether oxygens (including phenoxy) is 1. The Balaban J connectivity index is 1.81. The zero-order chi connectivity index (χ0) is 20.6. The molecule has 1 aliphatic rings. The molecule has 0 amide bonds. The molecule has 4 aromatic rings. The monoisotopic (exact) mass is 388 g/mol. The first-order chi connectivity index (χ1) is 14.7. The molecule has 2 nitrogen and oxygen atoms in total. The molecule has 0 heterocycles. The number of hydrogen-bond donors (Lipinski definition) is 1. The van der Waals surface area contributed by atoms with Crippen LogP contribution in [0.3, 0.4) is 0 Å². The maximum atomic E-state index is 9.93. The number of phenolic OH excluding ortho intramolecular Hbond substituents is 1. The van der Waals surface area contributed by atoms with Crippen molar-refractivity contribution < 1.29 is 9.84 Å². The third-order valence-corrected chi connectivity index (χ3v) is 5.86. The van der Waals surface area contributed by atoms with Gasteiger partial charge in [0.2, 0.25) is 0 Å². The van der Waals surface area contributed by atoms with Gasteiger partial charge < -0.3 is 9.84 Å². The molecule has 1 N–H and O–H groups in total. The lowest BCUT2D eigenvalue weighted by Gasteiger charge is -2.34. The van der Waals surface area contributed by atoms with Crippen molar-refractivity contribution in [3.8, 4) is 35.0 Å². The number of fused-ring (bicyclic) bond motifs is 3. The van der Waals surface area contributed by atoms with Crippen LogP contribution in [-0.4, -0.2) is 11.7 Å². The maximum absolute atomic E-state index is 9.93. The Labute approximate surface area is 176 Å². The fourth-order valence-electron chi connectivity index (χ4n) is 4.66. The Morgan fingerprint density at radius 2 is 1.20 bits per heavy atom. The molecule has 0 radical (unpaired) electrons. The number of terminal acetylenes is 1. The average Bonchev–Trinajstić information content (AvgIpc) is 3.10. The molecule has 5 rings (SSSR count). The first-order valence-electron chi connectivity index (χ1n) is 9.91. The fraction of sp³-hybridized carbons (Fsp3) is 0.0714. The van der Waals surface area contributed by atoms with Gasteiger partial charge in [0.05, 0.1) is 5.41 Å². The van der Waals surface area contributed by atoms with Crippen molar-refractivity contribution in [2.45, 2.75) is 5.41 Å². The minimum absolute atomic E-state index is 0.244. The van der Waals surface area contributed by atoms with Crippen LogP contribution in [0.1, 0.15) is 22.3 Å². The highest BCUT2D eigenvalue weighted by atomic mass is 16.5. The van der Waals surface area contributed by atoms with Crippen molar-refractivity contribution in [3.05, 3.63) is 119 Å². The number of phenols is 1. The first kappa shape index (κ1) is 18.1. The van der Waals surface area contributed by atoms with E-state index in [2.05, 4.69) is 66.6 Å². The van der Waals surface area contributed by atoms with Crippen molar-refractivity contribution in [1.29, 1.82) is 0 Å².